The highest BCUT2D eigenvalue weighted by Gasteiger charge is 2.34. The number of ether oxygens (including phenoxy) is 1. The van der Waals surface area contributed by atoms with E-state index in [4.69, 9.17) is 4.74 Å². The van der Waals surface area contributed by atoms with E-state index in [9.17, 15) is 18.0 Å². The Morgan fingerprint density at radius 1 is 0.826 bits per heavy atom. The molecule has 0 spiro atoms. The molecule has 2 amide bonds. The first-order valence-electron chi connectivity index (χ1n) is 15.5. The van der Waals surface area contributed by atoms with Crippen LogP contribution in [0.2, 0.25) is 0 Å². The van der Waals surface area contributed by atoms with Crippen molar-refractivity contribution < 1.29 is 22.7 Å². The highest BCUT2D eigenvalue weighted by molar-refractivity contribution is 7.92. The Morgan fingerprint density at radius 2 is 1.52 bits per heavy atom. The van der Waals surface area contributed by atoms with Crippen LogP contribution in [0.1, 0.15) is 42.0 Å². The monoisotopic (exact) mass is 641 g/mol. The molecule has 0 heterocycles. The number of nitrogens with one attached hydrogen (secondary N) is 1. The number of nitrogens with zero attached hydrogens (tertiary/aromatic N) is 2. The van der Waals surface area contributed by atoms with E-state index in [1.807, 2.05) is 75.4 Å². The Labute approximate surface area is 273 Å². The van der Waals surface area contributed by atoms with Crippen molar-refractivity contribution in [1.29, 1.82) is 0 Å². The van der Waals surface area contributed by atoms with Gasteiger partial charge in [0.1, 0.15) is 18.3 Å². The van der Waals surface area contributed by atoms with Gasteiger partial charge < -0.3 is 15.0 Å². The summed E-state index contributed by atoms with van der Waals surface area (Å²) in [5.74, 6) is -0.345. The van der Waals surface area contributed by atoms with Crippen molar-refractivity contribution in [3.63, 3.8) is 0 Å². The highest BCUT2D eigenvalue weighted by atomic mass is 32.2. The van der Waals surface area contributed by atoms with Gasteiger partial charge in [-0.2, -0.15) is 0 Å². The Morgan fingerprint density at radius 3 is 2.20 bits per heavy atom. The molecule has 0 unspecified atom stereocenters. The lowest BCUT2D eigenvalue weighted by Crippen LogP contribution is -2.53. The lowest BCUT2D eigenvalue weighted by Gasteiger charge is -2.34. The third kappa shape index (κ3) is 8.97. The van der Waals surface area contributed by atoms with Crippen molar-refractivity contribution in [1.82, 2.24) is 10.2 Å². The van der Waals surface area contributed by atoms with Gasteiger partial charge in [0.05, 0.1) is 17.7 Å². The summed E-state index contributed by atoms with van der Waals surface area (Å²) in [5.41, 5.74) is 3.91. The molecule has 0 saturated heterocycles. The second-order valence-electron chi connectivity index (χ2n) is 11.4. The number of hydrogen-bond donors (Lipinski definition) is 1. The van der Waals surface area contributed by atoms with Crippen LogP contribution >= 0.6 is 0 Å². The minimum Gasteiger partial charge on any atom is -0.497 e. The number of carbonyl (C=O) groups is 2. The normalized spacial score (nSPS) is 11.8. The number of carbonyl (C=O) groups excluding carboxylic acids is 2. The Bertz CT molecular complexity index is 1710. The van der Waals surface area contributed by atoms with E-state index in [-0.39, 0.29) is 29.5 Å². The number of aryl methyl sites for hydroxylation is 2. The van der Waals surface area contributed by atoms with Crippen molar-refractivity contribution in [2.45, 2.75) is 57.5 Å². The van der Waals surface area contributed by atoms with Crippen molar-refractivity contribution in [3.05, 3.63) is 125 Å². The van der Waals surface area contributed by atoms with Gasteiger partial charge in [-0.3, -0.25) is 13.9 Å². The largest absolute Gasteiger partial charge is 0.497 e. The molecule has 9 heteroatoms. The lowest BCUT2D eigenvalue weighted by molar-refractivity contribution is -0.140. The molecule has 0 saturated carbocycles. The van der Waals surface area contributed by atoms with Gasteiger partial charge in [0, 0.05) is 25.6 Å². The number of hydrogen-bond acceptors (Lipinski definition) is 5. The number of sulfonamides is 1. The molecule has 1 atom stereocenters. The Hall–Kier alpha value is -4.63. The number of unbranched alkanes of at least 4 members (excludes halogenated alkanes) is 1. The van der Waals surface area contributed by atoms with Gasteiger partial charge in [-0.1, -0.05) is 97.3 Å². The first-order chi connectivity index (χ1) is 22.1. The molecule has 0 aliphatic rings. The van der Waals surface area contributed by atoms with Gasteiger partial charge in [0.15, 0.2) is 0 Å². The molecule has 8 nitrogen and oxygen atoms in total. The molecule has 4 aromatic rings. The zero-order valence-corrected chi connectivity index (χ0v) is 27.8. The minimum absolute atomic E-state index is 0.0529. The third-order valence-corrected chi connectivity index (χ3v) is 9.55. The third-order valence-electron chi connectivity index (χ3n) is 7.77. The molecule has 242 valence electrons. The van der Waals surface area contributed by atoms with Gasteiger partial charge in [-0.05, 0) is 55.7 Å². The van der Waals surface area contributed by atoms with Gasteiger partial charge in [0.2, 0.25) is 11.8 Å². The van der Waals surface area contributed by atoms with E-state index >= 15 is 0 Å². The lowest BCUT2D eigenvalue weighted by atomic mass is 10.0. The van der Waals surface area contributed by atoms with E-state index in [2.05, 4.69) is 5.32 Å². The molecule has 0 bridgehead atoms. The van der Waals surface area contributed by atoms with Crippen LogP contribution in [0.25, 0.3) is 0 Å². The van der Waals surface area contributed by atoms with E-state index in [0.717, 1.165) is 39.4 Å². The zero-order valence-electron chi connectivity index (χ0n) is 27.0. The fraction of sp³-hybridized carbons (Fsp3) is 0.297. The molecule has 4 rings (SSSR count). The molecule has 0 radical (unpaired) electrons. The quantitative estimate of drug-likeness (QED) is 0.159. The fourth-order valence-corrected chi connectivity index (χ4v) is 6.61. The average Bonchev–Trinajstić information content (AvgIpc) is 3.05. The Kier molecular flexibility index (Phi) is 12.0. The highest BCUT2D eigenvalue weighted by Crippen LogP contribution is 2.28. The van der Waals surface area contributed by atoms with Crippen molar-refractivity contribution in [3.8, 4) is 5.75 Å². The number of anilines is 1. The van der Waals surface area contributed by atoms with Crippen LogP contribution in [0.4, 0.5) is 5.69 Å². The molecule has 0 fully saturated rings. The maximum atomic E-state index is 14.6. The summed E-state index contributed by atoms with van der Waals surface area (Å²) in [5, 5.41) is 3.02. The van der Waals surface area contributed by atoms with E-state index in [0.29, 0.717) is 12.3 Å². The minimum atomic E-state index is -4.20. The van der Waals surface area contributed by atoms with Gasteiger partial charge in [-0.15, -0.1) is 0 Å². The second kappa shape index (κ2) is 16.1. The van der Waals surface area contributed by atoms with Gasteiger partial charge in [0.25, 0.3) is 10.0 Å². The average molecular weight is 642 g/mol. The fourth-order valence-electron chi connectivity index (χ4n) is 5.20. The summed E-state index contributed by atoms with van der Waals surface area (Å²) in [6, 6.07) is 29.5. The molecule has 1 N–H and O–H groups in total. The zero-order chi connectivity index (χ0) is 33.1. The van der Waals surface area contributed by atoms with Crippen LogP contribution in [0.5, 0.6) is 5.75 Å². The van der Waals surface area contributed by atoms with Crippen LogP contribution in [0.15, 0.2) is 108 Å². The van der Waals surface area contributed by atoms with Crippen LogP contribution in [-0.4, -0.2) is 51.4 Å². The van der Waals surface area contributed by atoms with E-state index in [1.165, 1.54) is 24.1 Å². The number of methoxy groups -OCH3 is 1. The van der Waals surface area contributed by atoms with Crippen LogP contribution < -0.4 is 14.4 Å². The summed E-state index contributed by atoms with van der Waals surface area (Å²) in [6.07, 6.45) is 1.97. The van der Waals surface area contributed by atoms with Crippen molar-refractivity contribution >= 4 is 27.5 Å². The molecular weight excluding hydrogens is 598 g/mol. The van der Waals surface area contributed by atoms with Crippen LogP contribution in [-0.2, 0) is 32.6 Å². The smallest absolute Gasteiger partial charge is 0.264 e. The number of amides is 2. The maximum absolute atomic E-state index is 14.6. The second-order valence-corrected chi connectivity index (χ2v) is 13.2. The summed E-state index contributed by atoms with van der Waals surface area (Å²) >= 11 is 0. The van der Waals surface area contributed by atoms with E-state index in [1.54, 1.807) is 36.4 Å². The number of rotatable bonds is 15. The SMILES string of the molecule is CCCCNC(=O)[C@H](Cc1ccccc1)N(Cc1cccc(C)c1)C(=O)CN(c1cccc(OC)c1)S(=O)(=O)c1ccc(C)cc1. The summed E-state index contributed by atoms with van der Waals surface area (Å²) in [6.45, 7) is 5.96. The molecule has 0 aliphatic heterocycles. The molecule has 0 aromatic heterocycles. The predicted molar refractivity (Wildman–Crippen MR) is 182 cm³/mol. The van der Waals surface area contributed by atoms with Gasteiger partial charge in [-0.25, -0.2) is 8.42 Å². The van der Waals surface area contributed by atoms with Crippen molar-refractivity contribution in [2.75, 3.05) is 24.5 Å². The number of benzene rings is 4. The van der Waals surface area contributed by atoms with E-state index < -0.39 is 28.5 Å². The van der Waals surface area contributed by atoms with Crippen LogP contribution in [0.3, 0.4) is 0 Å². The van der Waals surface area contributed by atoms with Crippen LogP contribution in [0, 0.1) is 13.8 Å². The molecular formula is C37H43N3O5S. The molecule has 46 heavy (non-hydrogen) atoms. The summed E-state index contributed by atoms with van der Waals surface area (Å²) < 4.78 is 34.9. The maximum Gasteiger partial charge on any atom is 0.264 e. The van der Waals surface area contributed by atoms with Gasteiger partial charge >= 0.3 is 0 Å². The Balaban J connectivity index is 1.80. The molecule has 0 aliphatic carbocycles. The molecule has 4 aromatic carbocycles. The van der Waals surface area contributed by atoms with Crippen molar-refractivity contribution in [2.24, 2.45) is 0 Å². The first-order valence-corrected chi connectivity index (χ1v) is 17.0. The topological polar surface area (TPSA) is 96.0 Å². The first kappa shape index (κ1) is 34.2. The standard InChI is InChI=1S/C37H43N3O5S/c1-5-6-22-38-37(42)35(24-30-13-8-7-9-14-30)39(26-31-15-10-12-29(3)23-31)36(41)27-40(32-16-11-17-33(25-32)45-4)46(43,44)34-20-18-28(2)19-21-34/h7-21,23,25,35H,5-6,22,24,26-27H2,1-4H3,(H,38,42)/t35-/m0/s1. The summed E-state index contributed by atoms with van der Waals surface area (Å²) in [7, 11) is -2.70. The summed E-state index contributed by atoms with van der Waals surface area (Å²) in [4.78, 5) is 30.0. The predicted octanol–water partition coefficient (Wildman–Crippen LogP) is 6.06.